The van der Waals surface area contributed by atoms with Crippen LogP contribution in [0.2, 0.25) is 0 Å². The van der Waals surface area contributed by atoms with Crippen LogP contribution in [0.25, 0.3) is 0 Å². The number of nitrogens with zero attached hydrogens (tertiary/aromatic N) is 1. The molecule has 1 saturated heterocycles. The summed E-state index contributed by atoms with van der Waals surface area (Å²) in [6.45, 7) is 7.82. The Hall–Kier alpha value is -2.88. The van der Waals surface area contributed by atoms with Gasteiger partial charge in [0.1, 0.15) is 0 Å². The molecule has 1 aliphatic rings. The van der Waals surface area contributed by atoms with Gasteiger partial charge in [-0.15, -0.1) is 0 Å². The van der Waals surface area contributed by atoms with Crippen LogP contribution in [0, 0.1) is 13.8 Å². The normalized spacial score (nSPS) is 13.9. The van der Waals surface area contributed by atoms with Crippen molar-refractivity contribution in [3.05, 3.63) is 89.0 Å². The zero-order valence-corrected chi connectivity index (χ0v) is 22.3. The molecule has 1 fully saturated rings. The first kappa shape index (κ1) is 25.2. The zero-order chi connectivity index (χ0) is 24.6. The van der Waals surface area contributed by atoms with E-state index in [1.54, 1.807) is 6.07 Å². The zero-order valence-electron chi connectivity index (χ0n) is 20.4. The van der Waals surface area contributed by atoms with Crippen molar-refractivity contribution < 1.29 is 14.3 Å². The van der Waals surface area contributed by atoms with Crippen LogP contribution in [-0.4, -0.2) is 57.3 Å². The Morgan fingerprint density at radius 3 is 2.46 bits per heavy atom. The molecule has 1 radical (unpaired) electrons. The van der Waals surface area contributed by atoms with Crippen LogP contribution in [0.4, 0.5) is 0 Å². The summed E-state index contributed by atoms with van der Waals surface area (Å²) in [6.07, 6.45) is 2.86. The van der Waals surface area contributed by atoms with Crippen LogP contribution in [0.5, 0.6) is 11.5 Å². The molecule has 0 atom stereocenters. The molecule has 0 spiro atoms. The molecular weight excluding hydrogens is 499 g/mol. The van der Waals surface area contributed by atoms with Gasteiger partial charge in [0.05, 0.1) is 0 Å². The number of carbonyl (C=O) groups is 2. The van der Waals surface area contributed by atoms with Gasteiger partial charge < -0.3 is 0 Å². The molecular formula is C29H32AsN2O3. The van der Waals surface area contributed by atoms with Crippen molar-refractivity contribution in [1.29, 1.82) is 0 Å². The molecule has 0 unspecified atom stereocenters. The number of aryl methyl sites for hydroxylation is 2. The summed E-state index contributed by atoms with van der Waals surface area (Å²) in [5, 5.41) is 3.03. The molecule has 1 amide bonds. The van der Waals surface area contributed by atoms with Crippen molar-refractivity contribution in [2.24, 2.45) is 0 Å². The summed E-state index contributed by atoms with van der Waals surface area (Å²) in [7, 11) is 0. The van der Waals surface area contributed by atoms with E-state index in [4.69, 9.17) is 4.74 Å². The topological polar surface area (TPSA) is 58.6 Å². The maximum atomic E-state index is 13.0. The maximum absolute atomic E-state index is 13.0. The van der Waals surface area contributed by atoms with Crippen molar-refractivity contribution in [3.8, 4) is 11.5 Å². The molecule has 4 rings (SSSR count). The number of likely N-dealkylation sites (tertiary alicyclic amines) is 1. The molecule has 0 bridgehead atoms. The quantitative estimate of drug-likeness (QED) is 0.402. The standard InChI is InChI=1S/C29H32AsN2O3/c1-21-10-12-25(18-22(21)2)35-27-13-11-24(29(34)31-14-17-32-15-6-7-16-32)20-26(27)30-28(33)19-23-8-4-3-5-9-23/h3-5,8-13,18,20H,6-7,14-17,19H2,1-2H3,(H,31,34). The third-order valence-corrected chi connectivity index (χ3v) is 8.38. The van der Waals surface area contributed by atoms with Gasteiger partial charge in [0.15, 0.2) is 0 Å². The van der Waals surface area contributed by atoms with E-state index in [-0.39, 0.29) is 10.5 Å². The Bertz CT molecular complexity index is 1170. The molecule has 35 heavy (non-hydrogen) atoms. The molecule has 1 aliphatic heterocycles. The van der Waals surface area contributed by atoms with Crippen molar-refractivity contribution >= 4 is 30.6 Å². The monoisotopic (exact) mass is 531 g/mol. The molecule has 5 nitrogen and oxygen atoms in total. The summed E-state index contributed by atoms with van der Waals surface area (Å²) in [5.41, 5.74) is 3.91. The van der Waals surface area contributed by atoms with E-state index in [1.807, 2.05) is 67.6 Å². The number of rotatable bonds is 10. The van der Waals surface area contributed by atoms with Crippen LogP contribution in [0.1, 0.15) is 39.9 Å². The van der Waals surface area contributed by atoms with E-state index < -0.39 is 15.8 Å². The van der Waals surface area contributed by atoms with Crippen molar-refractivity contribution in [3.63, 3.8) is 0 Å². The Labute approximate surface area is 214 Å². The second-order valence-corrected chi connectivity index (χ2v) is 11.5. The minimum atomic E-state index is -0.833. The number of ether oxygens (including phenoxy) is 1. The first-order valence-corrected chi connectivity index (χ1v) is 14.0. The molecule has 6 heteroatoms. The average Bonchev–Trinajstić information content (AvgIpc) is 3.36. The minimum absolute atomic E-state index is 0.111. The number of hydrogen-bond acceptors (Lipinski definition) is 4. The number of carbonyl (C=O) groups excluding carboxylic acids is 2. The fourth-order valence-corrected chi connectivity index (χ4v) is 6.14. The van der Waals surface area contributed by atoms with Crippen LogP contribution >= 0.6 is 0 Å². The number of nitrogens with one attached hydrogen (secondary N) is 1. The Balaban J connectivity index is 1.50. The van der Waals surface area contributed by atoms with Crippen LogP contribution in [0.15, 0.2) is 66.7 Å². The summed E-state index contributed by atoms with van der Waals surface area (Å²) in [6, 6.07) is 21.2. The van der Waals surface area contributed by atoms with Gasteiger partial charge in [0.2, 0.25) is 0 Å². The fourth-order valence-electron chi connectivity index (χ4n) is 4.12. The van der Waals surface area contributed by atoms with Crippen LogP contribution < -0.4 is 14.4 Å². The third kappa shape index (κ3) is 7.30. The predicted molar refractivity (Wildman–Crippen MR) is 141 cm³/mol. The number of hydrogen-bond donors (Lipinski definition) is 1. The Kier molecular flexibility index (Phi) is 8.78. The SMILES string of the molecule is Cc1ccc(Oc2ccc(C(=O)NCCN3CCCC3)cc2[As]C(=O)Cc2ccccc2)cc1C. The Morgan fingerprint density at radius 1 is 0.943 bits per heavy atom. The first-order valence-electron chi connectivity index (χ1n) is 12.2. The van der Waals surface area contributed by atoms with Gasteiger partial charge in [0.25, 0.3) is 0 Å². The van der Waals surface area contributed by atoms with Crippen molar-refractivity contribution in [1.82, 2.24) is 10.2 Å². The average molecular weight is 532 g/mol. The van der Waals surface area contributed by atoms with Gasteiger partial charge >= 0.3 is 215 Å². The molecule has 0 aliphatic carbocycles. The molecule has 1 heterocycles. The van der Waals surface area contributed by atoms with Crippen molar-refractivity contribution in [2.75, 3.05) is 26.2 Å². The van der Waals surface area contributed by atoms with Crippen LogP contribution in [0.3, 0.4) is 0 Å². The molecule has 1 N–H and O–H groups in total. The van der Waals surface area contributed by atoms with Gasteiger partial charge in [-0.05, 0) is 0 Å². The van der Waals surface area contributed by atoms with E-state index in [1.165, 1.54) is 18.4 Å². The molecule has 0 saturated carbocycles. The fraction of sp³-hybridized carbons (Fsp3) is 0.310. The van der Waals surface area contributed by atoms with Gasteiger partial charge in [-0.1, -0.05) is 0 Å². The first-order chi connectivity index (χ1) is 17.0. The van der Waals surface area contributed by atoms with E-state index in [0.717, 1.165) is 40.9 Å². The van der Waals surface area contributed by atoms with E-state index in [0.29, 0.717) is 24.3 Å². The summed E-state index contributed by atoms with van der Waals surface area (Å²) >= 11 is -0.833. The Morgan fingerprint density at radius 2 is 1.71 bits per heavy atom. The third-order valence-electron chi connectivity index (χ3n) is 6.28. The van der Waals surface area contributed by atoms with E-state index >= 15 is 0 Å². The van der Waals surface area contributed by atoms with E-state index in [2.05, 4.69) is 17.1 Å². The molecule has 0 aromatic heterocycles. The summed E-state index contributed by atoms with van der Waals surface area (Å²) in [5.74, 6) is 1.26. The van der Waals surface area contributed by atoms with Gasteiger partial charge in [-0.25, -0.2) is 0 Å². The molecule has 181 valence electrons. The predicted octanol–water partition coefficient (Wildman–Crippen LogP) is 4.02. The molecule has 3 aromatic rings. The number of amides is 1. The molecule has 3 aromatic carbocycles. The van der Waals surface area contributed by atoms with Crippen LogP contribution in [-0.2, 0) is 11.2 Å². The number of benzene rings is 3. The van der Waals surface area contributed by atoms with Gasteiger partial charge in [-0.2, -0.15) is 0 Å². The summed E-state index contributed by atoms with van der Waals surface area (Å²) in [4.78, 5) is 28.2. The second kappa shape index (κ2) is 12.2. The van der Waals surface area contributed by atoms with E-state index in [9.17, 15) is 9.59 Å². The van der Waals surface area contributed by atoms with Gasteiger partial charge in [-0.3, -0.25) is 0 Å². The summed E-state index contributed by atoms with van der Waals surface area (Å²) < 4.78 is 7.20. The van der Waals surface area contributed by atoms with Gasteiger partial charge in [0, 0.05) is 0 Å². The second-order valence-electron chi connectivity index (χ2n) is 9.00. The van der Waals surface area contributed by atoms with Crippen molar-refractivity contribution in [2.45, 2.75) is 33.1 Å².